The molecular formula is C62H61N3O. The molecule has 0 spiro atoms. The van der Waals surface area contributed by atoms with Gasteiger partial charge in [-0.1, -0.05) is 177 Å². The maximum atomic E-state index is 12.6. The maximum Gasteiger partial charge on any atom is 0.149 e. The fourth-order valence-corrected chi connectivity index (χ4v) is 8.84. The molecule has 0 saturated carbocycles. The largest absolute Gasteiger partial charge is 0.507 e. The number of fused-ring (bicyclic) bond motifs is 1. The Hall–Kier alpha value is -7.04. The lowest BCUT2D eigenvalue weighted by Gasteiger charge is -2.27. The molecule has 330 valence electrons. The summed E-state index contributed by atoms with van der Waals surface area (Å²) in [7, 11) is 0. The number of imidazole rings is 1. The molecule has 0 saturated heterocycles. The molecule has 9 aromatic rings. The number of phenolic OH excluding ortho intramolecular Hbond substituents is 1. The summed E-state index contributed by atoms with van der Waals surface area (Å²) in [5.41, 5.74) is 14.1. The van der Waals surface area contributed by atoms with Crippen molar-refractivity contribution in [1.29, 1.82) is 0 Å². The van der Waals surface area contributed by atoms with Gasteiger partial charge in [0.25, 0.3) is 0 Å². The minimum atomic E-state index is -2.37. The van der Waals surface area contributed by atoms with Crippen molar-refractivity contribution in [3.05, 3.63) is 192 Å². The van der Waals surface area contributed by atoms with Gasteiger partial charge in [-0.05, 0) is 129 Å². The molecule has 7 aromatic carbocycles. The van der Waals surface area contributed by atoms with Gasteiger partial charge in [-0.25, -0.2) is 4.98 Å². The van der Waals surface area contributed by atoms with E-state index in [9.17, 15) is 5.11 Å². The lowest BCUT2D eigenvalue weighted by Crippen LogP contribution is -2.17. The van der Waals surface area contributed by atoms with Gasteiger partial charge in [0, 0.05) is 36.7 Å². The fourth-order valence-electron chi connectivity index (χ4n) is 8.84. The number of aromatic hydroxyl groups is 1. The van der Waals surface area contributed by atoms with Gasteiger partial charge >= 0.3 is 0 Å². The number of hydrogen-bond acceptors (Lipinski definition) is 3. The highest BCUT2D eigenvalue weighted by atomic mass is 16.3. The summed E-state index contributed by atoms with van der Waals surface area (Å²) in [6.45, 7) is 14.8. The number of benzene rings is 7. The predicted octanol–water partition coefficient (Wildman–Crippen LogP) is 16.6. The number of para-hydroxylation sites is 1. The van der Waals surface area contributed by atoms with Crippen LogP contribution in [-0.2, 0) is 16.2 Å². The number of hydrogen-bond donors (Lipinski definition) is 1. The number of nitrogens with zero attached hydrogens (tertiary/aromatic N) is 3. The first-order chi connectivity index (χ1) is 33.8. The first-order valence-corrected chi connectivity index (χ1v) is 22.7. The number of aromatic nitrogens is 3. The molecule has 0 unspecified atom stereocenters. The van der Waals surface area contributed by atoms with E-state index in [0.717, 1.165) is 72.4 Å². The molecule has 0 aliphatic heterocycles. The molecule has 0 radical (unpaired) electrons. The molecule has 0 aliphatic carbocycles. The molecule has 2 heterocycles. The van der Waals surface area contributed by atoms with Gasteiger partial charge in [0.15, 0.2) is 0 Å². The Kier molecular flexibility index (Phi) is 9.44. The minimum Gasteiger partial charge on any atom is -0.507 e. The van der Waals surface area contributed by atoms with E-state index in [0.29, 0.717) is 28.2 Å². The molecular weight excluding hydrogens is 803 g/mol. The van der Waals surface area contributed by atoms with Crippen LogP contribution in [0.3, 0.4) is 0 Å². The first kappa shape index (κ1) is 37.2. The zero-order valence-corrected chi connectivity index (χ0v) is 39.4. The predicted molar refractivity (Wildman–Crippen MR) is 279 cm³/mol. The van der Waals surface area contributed by atoms with Crippen molar-refractivity contribution < 1.29 is 13.3 Å². The van der Waals surface area contributed by atoms with Crippen LogP contribution < -0.4 is 0 Å². The lowest BCUT2D eigenvalue weighted by atomic mass is 9.79. The normalized spacial score (nSPS) is 14.0. The highest BCUT2D eigenvalue weighted by Gasteiger charge is 2.29. The van der Waals surface area contributed by atoms with E-state index in [2.05, 4.69) is 140 Å². The van der Waals surface area contributed by atoms with E-state index in [4.69, 9.17) is 18.2 Å². The maximum absolute atomic E-state index is 12.6. The van der Waals surface area contributed by atoms with Gasteiger partial charge in [-0.2, -0.15) is 0 Å². The summed E-state index contributed by atoms with van der Waals surface area (Å²) < 4.78 is 51.3. The van der Waals surface area contributed by atoms with Gasteiger partial charge in [-0.15, -0.1) is 0 Å². The second-order valence-electron chi connectivity index (χ2n) is 20.6. The third-order valence-corrected chi connectivity index (χ3v) is 12.6. The first-order valence-electron chi connectivity index (χ1n) is 25.7. The van der Waals surface area contributed by atoms with E-state index in [1.165, 1.54) is 0 Å². The molecule has 0 amide bonds. The van der Waals surface area contributed by atoms with E-state index in [1.54, 1.807) is 30.5 Å². The summed E-state index contributed by atoms with van der Waals surface area (Å²) >= 11 is 0. The van der Waals surface area contributed by atoms with Crippen LogP contribution in [0.4, 0.5) is 0 Å². The Morgan fingerprint density at radius 1 is 0.470 bits per heavy atom. The van der Waals surface area contributed by atoms with E-state index in [1.807, 2.05) is 60.7 Å². The second-order valence-corrected chi connectivity index (χ2v) is 20.6. The van der Waals surface area contributed by atoms with Crippen LogP contribution in [0.25, 0.3) is 83.9 Å². The Morgan fingerprint density at radius 3 is 1.80 bits per heavy atom. The number of rotatable bonds is 7. The van der Waals surface area contributed by atoms with Crippen LogP contribution in [0.1, 0.15) is 98.4 Å². The van der Waals surface area contributed by atoms with E-state index < -0.39 is 19.1 Å². The monoisotopic (exact) mass is 870 g/mol. The molecule has 0 fully saturated rings. The van der Waals surface area contributed by atoms with Gasteiger partial charge in [0.05, 0.1) is 28.0 Å². The highest BCUT2D eigenvalue weighted by molar-refractivity contribution is 5.98. The molecule has 66 heavy (non-hydrogen) atoms. The molecule has 1 N–H and O–H groups in total. The van der Waals surface area contributed by atoms with Gasteiger partial charge in [0.2, 0.25) is 0 Å². The Labute approximate surface area is 400 Å². The summed E-state index contributed by atoms with van der Waals surface area (Å²) in [4.78, 5) is 10.5. The Bertz CT molecular complexity index is 3480. The summed E-state index contributed by atoms with van der Waals surface area (Å²) in [6.07, 6.45) is 1.78. The minimum absolute atomic E-state index is 0.0991. The van der Waals surface area contributed by atoms with Crippen LogP contribution in [0.5, 0.6) is 5.75 Å². The van der Waals surface area contributed by atoms with Crippen molar-refractivity contribution in [2.45, 2.75) is 92.3 Å². The van der Waals surface area contributed by atoms with Crippen molar-refractivity contribution in [2.75, 3.05) is 0 Å². The average molecular weight is 870 g/mol. The molecule has 9 rings (SSSR count). The van der Waals surface area contributed by atoms with Crippen LogP contribution >= 0.6 is 0 Å². The van der Waals surface area contributed by atoms with Crippen LogP contribution in [0.15, 0.2) is 164 Å². The third kappa shape index (κ3) is 8.61. The average Bonchev–Trinajstić information content (AvgIpc) is 3.72. The van der Waals surface area contributed by atoms with E-state index >= 15 is 0 Å². The standard InChI is InChI=1S/C62H61N3O/c1-39-20-23-42(24-21-39)44-30-31-63-54(36-44)47-34-45(41-16-13-12-14-17-41)33-46(35-47)50-18-15-19-56-57(50)64-59(52-37-49(61(6,7)8)38-53(58(52)66)62(9,10)11)65(56)55-29-22-40(2)32-51(55)43-25-27-48(28-26-43)60(3,4)5/h12-38,66H,1-11H3/i1D3,2D3. The van der Waals surface area contributed by atoms with Crippen LogP contribution in [-0.4, -0.2) is 19.6 Å². The van der Waals surface area contributed by atoms with Gasteiger partial charge in [-0.3, -0.25) is 9.55 Å². The van der Waals surface area contributed by atoms with Gasteiger partial charge in [0.1, 0.15) is 11.6 Å². The molecule has 4 heteroatoms. The molecule has 0 aliphatic rings. The SMILES string of the molecule is [2H]C([2H])([2H])c1ccc(-c2ccnc(-c3cc(-c4ccccc4)cc(-c4cccc5c4nc(-c4cc(C(C)(C)C)cc(C(C)(C)C)c4O)n5-c4ccc(C([2H])([2H])[2H])cc4-c4ccc(C(C)(C)C)cc4)c3)c2)cc1. The third-order valence-electron chi connectivity index (χ3n) is 12.6. The van der Waals surface area contributed by atoms with Crippen LogP contribution in [0.2, 0.25) is 0 Å². The fraction of sp³-hybridized carbons (Fsp3) is 0.226. The zero-order valence-electron chi connectivity index (χ0n) is 45.4. The van der Waals surface area contributed by atoms with Crippen molar-refractivity contribution in [3.8, 4) is 78.6 Å². The number of phenols is 1. The lowest BCUT2D eigenvalue weighted by molar-refractivity contribution is 0.446. The quantitative estimate of drug-likeness (QED) is 0.174. The van der Waals surface area contributed by atoms with Crippen LogP contribution in [0, 0.1) is 13.7 Å². The Balaban J connectivity index is 1.34. The Morgan fingerprint density at radius 2 is 1.12 bits per heavy atom. The summed E-state index contributed by atoms with van der Waals surface area (Å²) in [5.74, 6) is 0.648. The smallest absolute Gasteiger partial charge is 0.149 e. The molecule has 0 bridgehead atoms. The molecule has 4 nitrogen and oxygen atoms in total. The zero-order chi connectivity index (χ0) is 51.7. The number of aryl methyl sites for hydroxylation is 2. The van der Waals surface area contributed by atoms with Crippen molar-refractivity contribution in [1.82, 2.24) is 14.5 Å². The van der Waals surface area contributed by atoms with Gasteiger partial charge < -0.3 is 5.11 Å². The van der Waals surface area contributed by atoms with Crippen molar-refractivity contribution >= 4 is 11.0 Å². The van der Waals surface area contributed by atoms with Crippen molar-refractivity contribution in [2.24, 2.45) is 0 Å². The highest BCUT2D eigenvalue weighted by Crippen LogP contribution is 2.46. The van der Waals surface area contributed by atoms with Crippen molar-refractivity contribution in [3.63, 3.8) is 0 Å². The summed E-state index contributed by atoms with van der Waals surface area (Å²) in [5, 5.41) is 12.6. The summed E-state index contributed by atoms with van der Waals surface area (Å²) in [6, 6.07) is 51.6. The molecule has 0 atom stereocenters. The van der Waals surface area contributed by atoms with E-state index in [-0.39, 0.29) is 27.7 Å². The number of pyridine rings is 1. The second kappa shape index (κ2) is 16.7. The topological polar surface area (TPSA) is 50.9 Å². The molecule has 2 aromatic heterocycles.